The molecule has 2 aromatic rings. The Balaban J connectivity index is 3.24. The van der Waals surface area contributed by atoms with Crippen LogP contribution in [0, 0.1) is 6.92 Å². The summed E-state index contributed by atoms with van der Waals surface area (Å²) in [7, 11) is -3.16. The van der Waals surface area contributed by atoms with Crippen LogP contribution in [0.3, 0.4) is 0 Å². The minimum absolute atomic E-state index is 0.141. The number of nitrogens with zero attached hydrogens (tertiary/aromatic N) is 1. The van der Waals surface area contributed by atoms with Gasteiger partial charge in [0.2, 0.25) is 0 Å². The summed E-state index contributed by atoms with van der Waals surface area (Å²) >= 11 is 0. The van der Waals surface area contributed by atoms with Gasteiger partial charge in [0.05, 0.1) is 10.9 Å². The molecule has 0 saturated heterocycles. The van der Waals surface area contributed by atoms with E-state index in [2.05, 4.69) is 0 Å². The molecule has 7 nitrogen and oxygen atoms in total. The number of nitrogens with one attached hydrogen (secondary N) is 1. The highest BCUT2D eigenvalue weighted by molar-refractivity contribution is 7.86. The number of fused-ring (bicyclic) bond motifs is 1. The van der Waals surface area contributed by atoms with E-state index in [0.29, 0.717) is 0 Å². The van der Waals surface area contributed by atoms with E-state index in [1.54, 1.807) is 0 Å². The van der Waals surface area contributed by atoms with Crippen molar-refractivity contribution in [2.45, 2.75) is 11.8 Å². The van der Waals surface area contributed by atoms with Crippen LogP contribution in [-0.2, 0) is 17.2 Å². The van der Waals surface area contributed by atoms with Crippen molar-refractivity contribution < 1.29 is 13.0 Å². The van der Waals surface area contributed by atoms with Crippen molar-refractivity contribution in [1.29, 1.82) is 0 Å². The molecule has 1 heterocycles. The van der Waals surface area contributed by atoms with Crippen molar-refractivity contribution in [1.82, 2.24) is 9.55 Å². The Morgan fingerprint density at radius 3 is 2.44 bits per heavy atom. The number of benzene rings is 1. The first-order valence-electron chi connectivity index (χ1n) is 4.93. The summed E-state index contributed by atoms with van der Waals surface area (Å²) in [4.78, 5) is 24.6. The number of aromatic nitrogens is 2. The minimum Gasteiger partial charge on any atom is -0.296 e. The fourth-order valence-electron chi connectivity index (χ4n) is 1.86. The smallest absolute Gasteiger partial charge is 0.296 e. The molecule has 0 spiro atoms. The first-order valence-corrected chi connectivity index (χ1v) is 6.37. The molecule has 0 aliphatic heterocycles. The van der Waals surface area contributed by atoms with Crippen molar-refractivity contribution in [2.24, 2.45) is 7.05 Å². The van der Waals surface area contributed by atoms with Gasteiger partial charge in [-0.05, 0) is 18.6 Å². The lowest BCUT2D eigenvalue weighted by Gasteiger charge is -2.09. The number of hydrogen-bond acceptors (Lipinski definition) is 4. The molecule has 0 atom stereocenters. The van der Waals surface area contributed by atoms with Crippen LogP contribution >= 0.6 is 0 Å². The molecule has 0 radical (unpaired) electrons. The van der Waals surface area contributed by atoms with Crippen LogP contribution in [0.25, 0.3) is 10.9 Å². The zero-order valence-corrected chi connectivity index (χ0v) is 10.4. The summed E-state index contributed by atoms with van der Waals surface area (Å²) in [6.45, 7) is 1.45. The SMILES string of the molecule is Cc1ccc2c(c1S(=O)(=O)O)c(=O)[nH]c(=O)n2C. The van der Waals surface area contributed by atoms with E-state index in [9.17, 15) is 22.6 Å². The quantitative estimate of drug-likeness (QED) is 0.696. The topological polar surface area (TPSA) is 109 Å². The number of hydrogen-bond donors (Lipinski definition) is 2. The largest absolute Gasteiger partial charge is 0.328 e. The third-order valence-corrected chi connectivity index (χ3v) is 3.75. The van der Waals surface area contributed by atoms with Crippen LogP contribution in [0.15, 0.2) is 26.6 Å². The molecule has 0 aliphatic carbocycles. The maximum Gasteiger partial charge on any atom is 0.328 e. The number of aryl methyl sites for hydroxylation is 2. The molecule has 18 heavy (non-hydrogen) atoms. The number of aromatic amines is 1. The van der Waals surface area contributed by atoms with E-state index in [4.69, 9.17) is 0 Å². The van der Waals surface area contributed by atoms with E-state index < -0.39 is 26.3 Å². The summed E-state index contributed by atoms with van der Waals surface area (Å²) in [6, 6.07) is 2.88. The molecule has 0 saturated carbocycles. The van der Waals surface area contributed by atoms with E-state index in [1.165, 1.54) is 26.1 Å². The predicted molar refractivity (Wildman–Crippen MR) is 64.4 cm³/mol. The Labute approximate surface area is 101 Å². The van der Waals surface area contributed by atoms with Gasteiger partial charge in [-0.2, -0.15) is 8.42 Å². The highest BCUT2D eigenvalue weighted by Crippen LogP contribution is 2.22. The van der Waals surface area contributed by atoms with Gasteiger partial charge in [-0.25, -0.2) is 4.79 Å². The van der Waals surface area contributed by atoms with Gasteiger partial charge in [0.15, 0.2) is 0 Å². The second kappa shape index (κ2) is 3.79. The van der Waals surface area contributed by atoms with Crippen LogP contribution in [0.1, 0.15) is 5.56 Å². The third-order valence-electron chi connectivity index (χ3n) is 2.70. The van der Waals surface area contributed by atoms with Gasteiger partial charge in [0, 0.05) is 7.05 Å². The van der Waals surface area contributed by atoms with E-state index in [-0.39, 0.29) is 16.5 Å². The molecule has 8 heteroatoms. The average molecular weight is 270 g/mol. The van der Waals surface area contributed by atoms with Gasteiger partial charge in [-0.15, -0.1) is 0 Å². The highest BCUT2D eigenvalue weighted by Gasteiger charge is 2.21. The molecule has 0 bridgehead atoms. The normalized spacial score (nSPS) is 11.9. The van der Waals surface area contributed by atoms with Gasteiger partial charge >= 0.3 is 5.69 Å². The molecule has 0 fully saturated rings. The van der Waals surface area contributed by atoms with Crippen LogP contribution in [0.5, 0.6) is 0 Å². The lowest BCUT2D eigenvalue weighted by Crippen LogP contribution is -2.29. The first kappa shape index (κ1) is 12.5. The zero-order valence-electron chi connectivity index (χ0n) is 9.59. The van der Waals surface area contributed by atoms with Crippen molar-refractivity contribution in [3.63, 3.8) is 0 Å². The summed E-state index contributed by atoms with van der Waals surface area (Å²) in [6.07, 6.45) is 0. The standard InChI is InChI=1S/C10H10N2O5S/c1-5-3-4-6-7(8(5)18(15,16)17)9(13)11-10(14)12(6)2/h3-4H,1-2H3,(H,11,13,14)(H,15,16,17). The number of H-pyrrole nitrogens is 1. The van der Waals surface area contributed by atoms with Crippen molar-refractivity contribution in [2.75, 3.05) is 0 Å². The minimum atomic E-state index is -4.55. The summed E-state index contributed by atoms with van der Waals surface area (Å²) in [5, 5.41) is -0.223. The molecule has 2 rings (SSSR count). The van der Waals surface area contributed by atoms with Gasteiger partial charge in [0.1, 0.15) is 4.90 Å². The third kappa shape index (κ3) is 1.75. The first-order chi connectivity index (χ1) is 8.23. The molecule has 0 aliphatic rings. The molecule has 96 valence electrons. The summed E-state index contributed by atoms with van der Waals surface area (Å²) in [5.41, 5.74) is -1.13. The average Bonchev–Trinajstić information content (AvgIpc) is 2.24. The predicted octanol–water partition coefficient (Wildman–Crippen LogP) is -0.218. The maximum atomic E-state index is 11.7. The molecule has 1 aromatic carbocycles. The molecule has 2 N–H and O–H groups in total. The second-order valence-corrected chi connectivity index (χ2v) is 5.26. The lowest BCUT2D eigenvalue weighted by molar-refractivity contribution is 0.483. The Bertz CT molecular complexity index is 860. The van der Waals surface area contributed by atoms with Crippen molar-refractivity contribution in [3.8, 4) is 0 Å². The fraction of sp³-hybridized carbons (Fsp3) is 0.200. The monoisotopic (exact) mass is 270 g/mol. The van der Waals surface area contributed by atoms with Crippen molar-refractivity contribution in [3.05, 3.63) is 38.5 Å². The van der Waals surface area contributed by atoms with Crippen LogP contribution in [0.2, 0.25) is 0 Å². The Hall–Kier alpha value is -1.93. The van der Waals surface area contributed by atoms with E-state index in [0.717, 1.165) is 4.57 Å². The van der Waals surface area contributed by atoms with Gasteiger partial charge in [0.25, 0.3) is 15.7 Å². The van der Waals surface area contributed by atoms with Crippen LogP contribution < -0.4 is 11.2 Å². The Kier molecular flexibility index (Phi) is 2.63. The Morgan fingerprint density at radius 2 is 1.89 bits per heavy atom. The Morgan fingerprint density at radius 1 is 1.28 bits per heavy atom. The maximum absolute atomic E-state index is 11.7. The van der Waals surface area contributed by atoms with E-state index in [1.807, 2.05) is 4.98 Å². The molecular formula is C10H10N2O5S. The van der Waals surface area contributed by atoms with E-state index >= 15 is 0 Å². The fourth-order valence-corrected chi connectivity index (χ4v) is 2.79. The molecular weight excluding hydrogens is 260 g/mol. The lowest BCUT2D eigenvalue weighted by atomic mass is 10.1. The van der Waals surface area contributed by atoms with Crippen molar-refractivity contribution >= 4 is 21.0 Å². The van der Waals surface area contributed by atoms with Gasteiger partial charge in [-0.1, -0.05) is 6.07 Å². The summed E-state index contributed by atoms with van der Waals surface area (Å²) < 4.78 is 32.9. The molecule has 1 aromatic heterocycles. The molecule has 0 amide bonds. The zero-order chi connectivity index (χ0) is 13.7. The molecule has 0 unspecified atom stereocenters. The highest BCUT2D eigenvalue weighted by atomic mass is 32.2. The van der Waals surface area contributed by atoms with Gasteiger partial charge in [-0.3, -0.25) is 18.9 Å². The number of rotatable bonds is 1. The van der Waals surface area contributed by atoms with Gasteiger partial charge < -0.3 is 0 Å². The van der Waals surface area contributed by atoms with Crippen LogP contribution in [-0.4, -0.2) is 22.5 Å². The van der Waals surface area contributed by atoms with Crippen LogP contribution in [0.4, 0.5) is 0 Å². The summed E-state index contributed by atoms with van der Waals surface area (Å²) in [5.74, 6) is 0. The second-order valence-electron chi connectivity index (χ2n) is 3.90.